The smallest absolute Gasteiger partial charge is 0.239 e. The van der Waals surface area contributed by atoms with Crippen molar-refractivity contribution in [1.29, 1.82) is 0 Å². The normalized spacial score (nSPS) is 17.0. The zero-order chi connectivity index (χ0) is 16.3. The van der Waals surface area contributed by atoms with Crippen LogP contribution in [0.15, 0.2) is 24.3 Å². The average Bonchev–Trinajstić information content (AvgIpc) is 3.09. The van der Waals surface area contributed by atoms with Gasteiger partial charge in [0.05, 0.1) is 24.9 Å². The Kier molecular flexibility index (Phi) is 7.69. The summed E-state index contributed by atoms with van der Waals surface area (Å²) in [5.41, 5.74) is 0.802. The first kappa shape index (κ1) is 17.6. The molecule has 2 rings (SSSR count). The van der Waals surface area contributed by atoms with Crippen molar-refractivity contribution in [2.75, 3.05) is 44.8 Å². The number of para-hydroxylation sites is 2. The van der Waals surface area contributed by atoms with E-state index < -0.39 is 0 Å². The lowest BCUT2D eigenvalue weighted by Crippen LogP contribution is -2.35. The molecule has 1 aromatic carbocycles. The summed E-state index contributed by atoms with van der Waals surface area (Å²) in [4.78, 5) is 11.9. The summed E-state index contributed by atoms with van der Waals surface area (Å²) < 4.78 is 16.4. The van der Waals surface area contributed by atoms with Gasteiger partial charge in [0.1, 0.15) is 12.4 Å². The lowest BCUT2D eigenvalue weighted by molar-refractivity contribution is -0.119. The Bertz CT molecular complexity index is 475. The molecule has 6 nitrogen and oxygen atoms in total. The summed E-state index contributed by atoms with van der Waals surface area (Å²) in [5.74, 6) is 0.670. The van der Waals surface area contributed by atoms with Crippen molar-refractivity contribution in [3.63, 3.8) is 0 Å². The lowest BCUT2D eigenvalue weighted by Gasteiger charge is -2.14. The van der Waals surface area contributed by atoms with Crippen LogP contribution >= 0.6 is 0 Å². The van der Waals surface area contributed by atoms with Gasteiger partial charge in [-0.3, -0.25) is 4.79 Å². The van der Waals surface area contributed by atoms with Gasteiger partial charge in [0.25, 0.3) is 0 Å². The van der Waals surface area contributed by atoms with Gasteiger partial charge < -0.3 is 24.8 Å². The van der Waals surface area contributed by atoms with Crippen LogP contribution in [0.2, 0.25) is 0 Å². The van der Waals surface area contributed by atoms with E-state index in [2.05, 4.69) is 10.6 Å². The van der Waals surface area contributed by atoms with Gasteiger partial charge in [-0.25, -0.2) is 0 Å². The van der Waals surface area contributed by atoms with Crippen molar-refractivity contribution in [3.05, 3.63) is 24.3 Å². The van der Waals surface area contributed by atoms with Gasteiger partial charge in [0.2, 0.25) is 5.91 Å². The molecular formula is C17H26N2O4. The summed E-state index contributed by atoms with van der Waals surface area (Å²) in [5, 5.41) is 6.00. The van der Waals surface area contributed by atoms with Crippen LogP contribution in [-0.4, -0.2) is 51.5 Å². The second-order valence-electron chi connectivity index (χ2n) is 5.33. The molecule has 0 bridgehead atoms. The van der Waals surface area contributed by atoms with Crippen molar-refractivity contribution in [2.45, 2.75) is 25.9 Å². The Morgan fingerprint density at radius 3 is 3.00 bits per heavy atom. The predicted molar refractivity (Wildman–Crippen MR) is 88.9 cm³/mol. The molecule has 2 N–H and O–H groups in total. The molecule has 1 saturated heterocycles. The van der Waals surface area contributed by atoms with E-state index in [9.17, 15) is 4.79 Å². The van der Waals surface area contributed by atoms with Crippen LogP contribution < -0.4 is 15.4 Å². The molecule has 23 heavy (non-hydrogen) atoms. The van der Waals surface area contributed by atoms with Gasteiger partial charge in [-0.15, -0.1) is 0 Å². The van der Waals surface area contributed by atoms with Crippen molar-refractivity contribution in [2.24, 2.45) is 0 Å². The van der Waals surface area contributed by atoms with E-state index in [1.54, 1.807) is 0 Å². The molecule has 0 radical (unpaired) electrons. The molecule has 0 aromatic heterocycles. The van der Waals surface area contributed by atoms with Crippen LogP contribution in [0.5, 0.6) is 5.75 Å². The number of hydrogen-bond acceptors (Lipinski definition) is 5. The maximum atomic E-state index is 11.9. The van der Waals surface area contributed by atoms with E-state index in [1.807, 2.05) is 31.2 Å². The zero-order valence-electron chi connectivity index (χ0n) is 13.7. The van der Waals surface area contributed by atoms with Crippen molar-refractivity contribution in [3.8, 4) is 5.75 Å². The third kappa shape index (κ3) is 6.46. The van der Waals surface area contributed by atoms with Crippen LogP contribution in [0.1, 0.15) is 19.8 Å². The van der Waals surface area contributed by atoms with E-state index in [0.717, 1.165) is 30.9 Å². The van der Waals surface area contributed by atoms with Crippen molar-refractivity contribution in [1.82, 2.24) is 5.32 Å². The van der Waals surface area contributed by atoms with Gasteiger partial charge in [0, 0.05) is 19.8 Å². The molecule has 6 heteroatoms. The molecule has 1 unspecified atom stereocenters. The molecule has 1 aliphatic rings. The summed E-state index contributed by atoms with van der Waals surface area (Å²) in [7, 11) is 0. The summed E-state index contributed by atoms with van der Waals surface area (Å²) >= 11 is 0. The highest BCUT2D eigenvalue weighted by Crippen LogP contribution is 2.23. The highest BCUT2D eigenvalue weighted by atomic mass is 16.5. The van der Waals surface area contributed by atoms with E-state index >= 15 is 0 Å². The number of hydrogen-bond donors (Lipinski definition) is 2. The zero-order valence-corrected chi connectivity index (χ0v) is 13.7. The third-order valence-electron chi connectivity index (χ3n) is 3.57. The number of rotatable bonds is 10. The fraction of sp³-hybridized carbons (Fsp3) is 0.588. The fourth-order valence-electron chi connectivity index (χ4n) is 2.36. The van der Waals surface area contributed by atoms with Gasteiger partial charge in [-0.1, -0.05) is 12.1 Å². The quantitative estimate of drug-likeness (QED) is 0.643. The highest BCUT2D eigenvalue weighted by molar-refractivity contribution is 5.81. The number of carbonyl (C=O) groups is 1. The van der Waals surface area contributed by atoms with Gasteiger partial charge >= 0.3 is 0 Å². The first-order valence-electron chi connectivity index (χ1n) is 8.21. The highest BCUT2D eigenvalue weighted by Gasteiger charge is 2.16. The van der Waals surface area contributed by atoms with Crippen molar-refractivity contribution < 1.29 is 19.0 Å². The summed E-state index contributed by atoms with van der Waals surface area (Å²) in [6, 6.07) is 7.57. The van der Waals surface area contributed by atoms with E-state index in [4.69, 9.17) is 14.2 Å². The third-order valence-corrected chi connectivity index (χ3v) is 3.57. The van der Waals surface area contributed by atoms with Gasteiger partial charge in [0.15, 0.2) is 0 Å². The number of amides is 1. The maximum Gasteiger partial charge on any atom is 0.239 e. The summed E-state index contributed by atoms with van der Waals surface area (Å²) in [6.07, 6.45) is 2.25. The van der Waals surface area contributed by atoms with E-state index in [-0.39, 0.29) is 18.6 Å². The van der Waals surface area contributed by atoms with Crippen molar-refractivity contribution >= 4 is 11.6 Å². The van der Waals surface area contributed by atoms with Gasteiger partial charge in [-0.05, 0) is 31.9 Å². The Morgan fingerprint density at radius 1 is 1.35 bits per heavy atom. The second-order valence-corrected chi connectivity index (χ2v) is 5.33. The van der Waals surface area contributed by atoms with Crippen LogP contribution in [0.4, 0.5) is 5.69 Å². The molecule has 1 fully saturated rings. The second kappa shape index (κ2) is 10.1. The summed E-state index contributed by atoms with van der Waals surface area (Å²) in [6.45, 7) is 5.24. The predicted octanol–water partition coefficient (Wildman–Crippen LogP) is 1.81. The molecule has 1 atom stereocenters. The molecular weight excluding hydrogens is 296 g/mol. The minimum Gasteiger partial charge on any atom is -0.489 e. The SMILES string of the molecule is CCOCCOc1ccccc1NCC(=O)NCC1CCCO1. The molecule has 0 saturated carbocycles. The molecule has 1 amide bonds. The maximum absolute atomic E-state index is 11.9. The van der Waals surface area contributed by atoms with Crippen LogP contribution in [0.3, 0.4) is 0 Å². The monoisotopic (exact) mass is 322 g/mol. The first-order valence-corrected chi connectivity index (χ1v) is 8.21. The minimum absolute atomic E-state index is 0.0513. The number of nitrogens with one attached hydrogen (secondary N) is 2. The number of benzene rings is 1. The number of anilines is 1. The molecule has 0 aliphatic carbocycles. The Morgan fingerprint density at radius 2 is 2.22 bits per heavy atom. The van der Waals surface area contributed by atoms with E-state index in [0.29, 0.717) is 26.4 Å². The van der Waals surface area contributed by atoms with E-state index in [1.165, 1.54) is 0 Å². The fourth-order valence-corrected chi connectivity index (χ4v) is 2.36. The largest absolute Gasteiger partial charge is 0.489 e. The molecule has 1 aliphatic heterocycles. The number of carbonyl (C=O) groups excluding carboxylic acids is 1. The standard InChI is InChI=1S/C17H26N2O4/c1-2-21-10-11-23-16-8-4-3-7-15(16)18-13-17(20)19-12-14-6-5-9-22-14/h3-4,7-8,14,18H,2,5-6,9-13H2,1H3,(H,19,20). The molecule has 1 aromatic rings. The minimum atomic E-state index is -0.0513. The topological polar surface area (TPSA) is 68.8 Å². The molecule has 0 spiro atoms. The van der Waals surface area contributed by atoms with Gasteiger partial charge in [-0.2, -0.15) is 0 Å². The average molecular weight is 322 g/mol. The Balaban J connectivity index is 1.72. The van der Waals surface area contributed by atoms with Crippen LogP contribution in [0.25, 0.3) is 0 Å². The Hall–Kier alpha value is -1.79. The molecule has 1 heterocycles. The first-order chi connectivity index (χ1) is 11.3. The van der Waals surface area contributed by atoms with Crippen LogP contribution in [-0.2, 0) is 14.3 Å². The Labute approximate surface area is 137 Å². The molecule has 128 valence electrons. The van der Waals surface area contributed by atoms with Crippen LogP contribution in [0, 0.1) is 0 Å². The number of ether oxygens (including phenoxy) is 3. The lowest BCUT2D eigenvalue weighted by atomic mass is 10.2.